The van der Waals surface area contributed by atoms with Crippen LogP contribution in [-0.4, -0.2) is 13.7 Å². The van der Waals surface area contributed by atoms with Crippen molar-refractivity contribution in [2.45, 2.75) is 6.04 Å². The summed E-state index contributed by atoms with van der Waals surface area (Å²) in [5, 5.41) is 1.25. The zero-order valence-electron chi connectivity index (χ0n) is 7.76. The number of rotatable bonds is 4. The minimum Gasteiger partial charge on any atom is -0.383 e. The molecule has 0 aromatic heterocycles. The second kappa shape index (κ2) is 5.53. The molecular formula is C9H12Cl2N2O. The highest BCUT2D eigenvalue weighted by atomic mass is 35.5. The quantitative estimate of drug-likeness (QED) is 0.620. The second-order valence-corrected chi connectivity index (χ2v) is 3.68. The number of nitrogens with two attached hydrogens (primary N) is 1. The molecule has 0 spiro atoms. The van der Waals surface area contributed by atoms with Gasteiger partial charge in [0.1, 0.15) is 0 Å². The van der Waals surface area contributed by atoms with E-state index in [1.165, 1.54) is 0 Å². The fraction of sp³-hybridized carbons (Fsp3) is 0.333. The van der Waals surface area contributed by atoms with Crippen LogP contribution in [-0.2, 0) is 4.74 Å². The number of halogens is 2. The van der Waals surface area contributed by atoms with Gasteiger partial charge in [-0.15, -0.1) is 0 Å². The normalized spacial score (nSPS) is 12.9. The number of hydrazine groups is 1. The third-order valence-electron chi connectivity index (χ3n) is 1.87. The first kappa shape index (κ1) is 11.8. The Hall–Kier alpha value is -0.320. The lowest BCUT2D eigenvalue weighted by Gasteiger charge is -2.16. The average molecular weight is 235 g/mol. The van der Waals surface area contributed by atoms with E-state index in [2.05, 4.69) is 5.43 Å². The van der Waals surface area contributed by atoms with Gasteiger partial charge in [-0.05, 0) is 23.8 Å². The first-order valence-corrected chi connectivity index (χ1v) is 4.84. The van der Waals surface area contributed by atoms with Gasteiger partial charge in [-0.2, -0.15) is 0 Å². The van der Waals surface area contributed by atoms with Crippen molar-refractivity contribution in [3.63, 3.8) is 0 Å². The first-order valence-electron chi connectivity index (χ1n) is 4.09. The summed E-state index contributed by atoms with van der Waals surface area (Å²) in [6.45, 7) is 0.441. The summed E-state index contributed by atoms with van der Waals surface area (Å²) in [5.41, 5.74) is 3.46. The number of methoxy groups -OCH3 is 1. The molecule has 0 radical (unpaired) electrons. The van der Waals surface area contributed by atoms with Gasteiger partial charge in [-0.25, -0.2) is 0 Å². The number of hydrogen-bond donors (Lipinski definition) is 2. The van der Waals surface area contributed by atoms with Gasteiger partial charge >= 0.3 is 0 Å². The Labute approximate surface area is 93.1 Å². The van der Waals surface area contributed by atoms with Crippen LogP contribution in [0.1, 0.15) is 11.6 Å². The second-order valence-electron chi connectivity index (χ2n) is 2.84. The third kappa shape index (κ3) is 2.83. The first-order chi connectivity index (χ1) is 6.69. The van der Waals surface area contributed by atoms with Crippen LogP contribution >= 0.6 is 23.2 Å². The number of nitrogens with one attached hydrogen (secondary N) is 1. The van der Waals surface area contributed by atoms with Gasteiger partial charge in [-0.3, -0.25) is 11.3 Å². The van der Waals surface area contributed by atoms with Crippen molar-refractivity contribution in [1.82, 2.24) is 5.43 Å². The predicted octanol–water partition coefficient (Wildman–Crippen LogP) is 2.14. The van der Waals surface area contributed by atoms with Gasteiger partial charge in [0.15, 0.2) is 0 Å². The molecule has 1 unspecified atom stereocenters. The maximum absolute atomic E-state index is 6.00. The van der Waals surface area contributed by atoms with Gasteiger partial charge < -0.3 is 4.74 Å². The summed E-state index contributed by atoms with van der Waals surface area (Å²) in [6.07, 6.45) is 0. The highest BCUT2D eigenvalue weighted by Gasteiger charge is 2.13. The van der Waals surface area contributed by atoms with E-state index in [4.69, 9.17) is 33.8 Å². The molecule has 0 heterocycles. The van der Waals surface area contributed by atoms with Crippen LogP contribution in [0, 0.1) is 0 Å². The molecule has 0 bridgehead atoms. The average Bonchev–Trinajstić information content (AvgIpc) is 2.18. The lowest BCUT2D eigenvalue weighted by Crippen LogP contribution is -2.31. The predicted molar refractivity (Wildman–Crippen MR) is 58.4 cm³/mol. The molecule has 0 amide bonds. The van der Waals surface area contributed by atoms with E-state index in [1.807, 2.05) is 0 Å². The van der Waals surface area contributed by atoms with Crippen molar-refractivity contribution < 1.29 is 4.74 Å². The summed E-state index contributed by atoms with van der Waals surface area (Å²) in [7, 11) is 1.60. The van der Waals surface area contributed by atoms with Crippen molar-refractivity contribution in [2.75, 3.05) is 13.7 Å². The molecule has 5 heteroatoms. The molecule has 3 N–H and O–H groups in total. The van der Waals surface area contributed by atoms with E-state index in [1.54, 1.807) is 25.3 Å². The fourth-order valence-electron chi connectivity index (χ4n) is 1.18. The summed E-state index contributed by atoms with van der Waals surface area (Å²) >= 11 is 11.8. The molecule has 0 saturated carbocycles. The molecule has 1 rings (SSSR count). The molecule has 14 heavy (non-hydrogen) atoms. The van der Waals surface area contributed by atoms with Crippen LogP contribution in [0.3, 0.4) is 0 Å². The molecule has 1 aromatic carbocycles. The summed E-state index contributed by atoms with van der Waals surface area (Å²) in [4.78, 5) is 0. The zero-order chi connectivity index (χ0) is 10.6. The van der Waals surface area contributed by atoms with Crippen LogP contribution < -0.4 is 11.3 Å². The van der Waals surface area contributed by atoms with Gasteiger partial charge in [0.25, 0.3) is 0 Å². The molecule has 0 saturated heterocycles. The Kier molecular flexibility index (Phi) is 4.65. The van der Waals surface area contributed by atoms with Crippen molar-refractivity contribution in [3.8, 4) is 0 Å². The molecule has 3 nitrogen and oxygen atoms in total. The molecule has 1 aromatic rings. The van der Waals surface area contributed by atoms with Crippen molar-refractivity contribution >= 4 is 23.2 Å². The molecule has 0 aliphatic carbocycles. The highest BCUT2D eigenvalue weighted by molar-refractivity contribution is 6.33. The van der Waals surface area contributed by atoms with E-state index in [9.17, 15) is 0 Å². The Morgan fingerprint density at radius 2 is 2.21 bits per heavy atom. The summed E-state index contributed by atoms with van der Waals surface area (Å²) in [6, 6.07) is 5.09. The van der Waals surface area contributed by atoms with Crippen LogP contribution in [0.25, 0.3) is 0 Å². The van der Waals surface area contributed by atoms with E-state index in [0.717, 1.165) is 5.56 Å². The Bertz CT molecular complexity index is 307. The molecule has 0 fully saturated rings. The summed E-state index contributed by atoms with van der Waals surface area (Å²) in [5.74, 6) is 5.38. The van der Waals surface area contributed by atoms with E-state index in [-0.39, 0.29) is 6.04 Å². The van der Waals surface area contributed by atoms with Gasteiger partial charge in [0, 0.05) is 17.2 Å². The maximum Gasteiger partial charge on any atom is 0.0708 e. The SMILES string of the molecule is COCC(NN)c1cc(Cl)ccc1Cl. The van der Waals surface area contributed by atoms with Crippen molar-refractivity contribution in [1.29, 1.82) is 0 Å². The number of hydrogen-bond acceptors (Lipinski definition) is 3. The van der Waals surface area contributed by atoms with Gasteiger partial charge in [-0.1, -0.05) is 23.2 Å². The topological polar surface area (TPSA) is 47.3 Å². The molecule has 78 valence electrons. The number of ether oxygens (including phenoxy) is 1. The van der Waals surface area contributed by atoms with Gasteiger partial charge in [0.2, 0.25) is 0 Å². The van der Waals surface area contributed by atoms with Crippen LogP contribution in [0.5, 0.6) is 0 Å². The third-order valence-corrected chi connectivity index (χ3v) is 2.45. The van der Waals surface area contributed by atoms with Crippen LogP contribution in [0.4, 0.5) is 0 Å². The Morgan fingerprint density at radius 1 is 1.50 bits per heavy atom. The van der Waals surface area contributed by atoms with Crippen LogP contribution in [0.15, 0.2) is 18.2 Å². The lowest BCUT2D eigenvalue weighted by molar-refractivity contribution is 0.167. The molecule has 0 aliphatic rings. The molecule has 0 aliphatic heterocycles. The minimum absolute atomic E-state index is 0.147. The van der Waals surface area contributed by atoms with Gasteiger partial charge in [0.05, 0.1) is 12.6 Å². The monoisotopic (exact) mass is 234 g/mol. The number of benzene rings is 1. The van der Waals surface area contributed by atoms with E-state index < -0.39 is 0 Å². The van der Waals surface area contributed by atoms with E-state index in [0.29, 0.717) is 16.7 Å². The standard InChI is InChI=1S/C9H12Cl2N2O/c1-14-5-9(13-12)7-4-6(10)2-3-8(7)11/h2-4,9,13H,5,12H2,1H3. The highest BCUT2D eigenvalue weighted by Crippen LogP contribution is 2.26. The minimum atomic E-state index is -0.147. The van der Waals surface area contributed by atoms with Crippen molar-refractivity contribution in [2.24, 2.45) is 5.84 Å². The fourth-order valence-corrected chi connectivity index (χ4v) is 1.61. The molecule has 1 atom stereocenters. The maximum atomic E-state index is 6.00. The molecular weight excluding hydrogens is 223 g/mol. The van der Waals surface area contributed by atoms with Crippen LogP contribution in [0.2, 0.25) is 10.0 Å². The van der Waals surface area contributed by atoms with E-state index >= 15 is 0 Å². The zero-order valence-corrected chi connectivity index (χ0v) is 9.27. The summed E-state index contributed by atoms with van der Waals surface area (Å²) < 4.78 is 5.00. The van der Waals surface area contributed by atoms with Crippen molar-refractivity contribution in [3.05, 3.63) is 33.8 Å². The Balaban J connectivity index is 2.96. The largest absolute Gasteiger partial charge is 0.383 e. The lowest BCUT2D eigenvalue weighted by atomic mass is 10.1. The smallest absolute Gasteiger partial charge is 0.0708 e. The Morgan fingerprint density at radius 3 is 2.79 bits per heavy atom.